The average molecular weight is 304 g/mol. The Morgan fingerprint density at radius 1 is 1.05 bits per heavy atom. The maximum Gasteiger partial charge on any atom is 0.216 e. The van der Waals surface area contributed by atoms with E-state index in [2.05, 4.69) is 4.72 Å². The van der Waals surface area contributed by atoms with Crippen molar-refractivity contribution in [3.63, 3.8) is 0 Å². The second-order valence-electron chi connectivity index (χ2n) is 5.17. The molecular formula is C16H20N2O2S. The normalized spacial score (nSPS) is 13.0. The molecule has 0 radical (unpaired) electrons. The molecule has 0 bridgehead atoms. The molecule has 0 amide bonds. The Bertz CT molecular complexity index is 684. The van der Waals surface area contributed by atoms with Gasteiger partial charge in [0.25, 0.3) is 0 Å². The molecule has 21 heavy (non-hydrogen) atoms. The third kappa shape index (κ3) is 4.88. The van der Waals surface area contributed by atoms with Crippen LogP contribution in [-0.2, 0) is 22.2 Å². The summed E-state index contributed by atoms with van der Waals surface area (Å²) >= 11 is 0. The number of rotatable bonds is 6. The minimum absolute atomic E-state index is 0.0984. The molecule has 4 nitrogen and oxygen atoms in total. The van der Waals surface area contributed by atoms with Crippen molar-refractivity contribution >= 4 is 15.7 Å². The zero-order valence-electron chi connectivity index (χ0n) is 12.0. The molecule has 0 heterocycles. The van der Waals surface area contributed by atoms with Gasteiger partial charge in [0.05, 0.1) is 5.75 Å². The van der Waals surface area contributed by atoms with Crippen LogP contribution in [0.1, 0.15) is 18.1 Å². The molecule has 2 aromatic rings. The lowest BCUT2D eigenvalue weighted by Gasteiger charge is -2.15. The van der Waals surface area contributed by atoms with E-state index in [0.717, 1.165) is 5.56 Å². The molecule has 0 saturated carbocycles. The van der Waals surface area contributed by atoms with Crippen LogP contribution in [0.3, 0.4) is 0 Å². The first kappa shape index (κ1) is 15.5. The first-order valence-electron chi connectivity index (χ1n) is 6.83. The fourth-order valence-electron chi connectivity index (χ4n) is 2.23. The number of hydrogen-bond donors (Lipinski definition) is 2. The van der Waals surface area contributed by atoms with Gasteiger partial charge in [-0.1, -0.05) is 48.5 Å². The largest absolute Gasteiger partial charge is 0.398 e. The molecule has 0 aliphatic heterocycles. The average Bonchev–Trinajstić information content (AvgIpc) is 2.41. The van der Waals surface area contributed by atoms with Crippen molar-refractivity contribution in [1.29, 1.82) is 0 Å². The van der Waals surface area contributed by atoms with Crippen LogP contribution in [-0.4, -0.2) is 14.5 Å². The molecule has 2 rings (SSSR count). The van der Waals surface area contributed by atoms with Crippen LogP contribution in [0.2, 0.25) is 0 Å². The molecule has 0 aliphatic carbocycles. The van der Waals surface area contributed by atoms with Crippen molar-refractivity contribution in [2.45, 2.75) is 25.1 Å². The van der Waals surface area contributed by atoms with Crippen LogP contribution in [0.5, 0.6) is 0 Å². The first-order chi connectivity index (χ1) is 9.96. The van der Waals surface area contributed by atoms with Crippen molar-refractivity contribution in [3.8, 4) is 0 Å². The van der Waals surface area contributed by atoms with E-state index in [9.17, 15) is 8.42 Å². The van der Waals surface area contributed by atoms with Gasteiger partial charge in [0.15, 0.2) is 0 Å². The number of nitrogens with one attached hydrogen (secondary N) is 1. The quantitative estimate of drug-likeness (QED) is 0.804. The van der Waals surface area contributed by atoms with E-state index in [-0.39, 0.29) is 11.8 Å². The monoisotopic (exact) mass is 304 g/mol. The van der Waals surface area contributed by atoms with Crippen LogP contribution in [0.15, 0.2) is 54.6 Å². The molecule has 1 atom stereocenters. The maximum absolute atomic E-state index is 12.2. The predicted octanol–water partition coefficient (Wildman–Crippen LogP) is 2.32. The van der Waals surface area contributed by atoms with E-state index >= 15 is 0 Å². The van der Waals surface area contributed by atoms with E-state index in [0.29, 0.717) is 17.7 Å². The fourth-order valence-corrected chi connectivity index (χ4v) is 3.68. The van der Waals surface area contributed by atoms with Crippen LogP contribution in [0.4, 0.5) is 5.69 Å². The molecule has 5 heteroatoms. The van der Waals surface area contributed by atoms with E-state index in [1.54, 1.807) is 24.3 Å². The summed E-state index contributed by atoms with van der Waals surface area (Å²) in [7, 11) is -3.41. The number of nitrogens with two attached hydrogens (primary N) is 1. The van der Waals surface area contributed by atoms with Gasteiger partial charge in [0, 0.05) is 11.7 Å². The van der Waals surface area contributed by atoms with E-state index in [4.69, 9.17) is 5.73 Å². The zero-order valence-corrected chi connectivity index (χ0v) is 12.8. The van der Waals surface area contributed by atoms with Gasteiger partial charge in [0.1, 0.15) is 0 Å². The Labute approximate surface area is 126 Å². The van der Waals surface area contributed by atoms with Gasteiger partial charge < -0.3 is 5.73 Å². The number of anilines is 1. The summed E-state index contributed by atoms with van der Waals surface area (Å²) in [6, 6.07) is 16.7. The summed E-state index contributed by atoms with van der Waals surface area (Å²) in [5, 5.41) is 0. The lowest BCUT2D eigenvalue weighted by atomic mass is 10.1. The topological polar surface area (TPSA) is 72.2 Å². The van der Waals surface area contributed by atoms with Crippen molar-refractivity contribution in [2.24, 2.45) is 0 Å². The lowest BCUT2D eigenvalue weighted by molar-refractivity contribution is 0.559. The second kappa shape index (κ2) is 6.74. The number of hydrogen-bond acceptors (Lipinski definition) is 3. The molecule has 0 spiro atoms. The Morgan fingerprint density at radius 3 is 2.33 bits per heavy atom. The molecule has 2 aromatic carbocycles. The minimum Gasteiger partial charge on any atom is -0.398 e. The molecule has 0 fully saturated rings. The zero-order chi connectivity index (χ0) is 15.3. The van der Waals surface area contributed by atoms with E-state index in [1.807, 2.05) is 37.3 Å². The second-order valence-corrected chi connectivity index (χ2v) is 6.92. The Kier molecular flexibility index (Phi) is 4.98. The Morgan fingerprint density at radius 2 is 1.67 bits per heavy atom. The van der Waals surface area contributed by atoms with Crippen LogP contribution >= 0.6 is 0 Å². The summed E-state index contributed by atoms with van der Waals surface area (Å²) < 4.78 is 27.1. The highest BCUT2D eigenvalue weighted by Gasteiger charge is 2.16. The molecule has 0 aromatic heterocycles. The summed E-state index contributed by atoms with van der Waals surface area (Å²) in [6.07, 6.45) is 0.657. The number of sulfonamides is 1. The molecule has 112 valence electrons. The van der Waals surface area contributed by atoms with Gasteiger partial charge in [-0.15, -0.1) is 0 Å². The van der Waals surface area contributed by atoms with Gasteiger partial charge in [-0.25, -0.2) is 13.1 Å². The fraction of sp³-hybridized carbons (Fsp3) is 0.250. The van der Waals surface area contributed by atoms with Crippen LogP contribution in [0, 0.1) is 0 Å². The molecule has 1 unspecified atom stereocenters. The van der Waals surface area contributed by atoms with Gasteiger partial charge in [0.2, 0.25) is 10.0 Å². The minimum atomic E-state index is -3.41. The van der Waals surface area contributed by atoms with E-state index in [1.165, 1.54) is 0 Å². The highest BCUT2D eigenvalue weighted by Crippen LogP contribution is 2.14. The molecule has 0 aliphatic rings. The van der Waals surface area contributed by atoms with Gasteiger partial charge in [-0.3, -0.25) is 0 Å². The van der Waals surface area contributed by atoms with E-state index < -0.39 is 10.0 Å². The number of nitrogen functional groups attached to an aromatic ring is 1. The maximum atomic E-state index is 12.2. The van der Waals surface area contributed by atoms with Crippen molar-refractivity contribution in [3.05, 3.63) is 65.7 Å². The third-order valence-corrected chi connectivity index (χ3v) is 4.62. The molecule has 3 N–H and O–H groups in total. The highest BCUT2D eigenvalue weighted by atomic mass is 32.2. The molecular weight excluding hydrogens is 284 g/mol. The van der Waals surface area contributed by atoms with Gasteiger partial charge >= 0.3 is 0 Å². The summed E-state index contributed by atoms with van der Waals surface area (Å²) in [5.41, 5.74) is 8.01. The van der Waals surface area contributed by atoms with Crippen LogP contribution < -0.4 is 10.5 Å². The molecule has 0 saturated heterocycles. The SMILES string of the molecule is CC(Cc1ccccc1)NS(=O)(=O)Cc1ccccc1N. The van der Waals surface area contributed by atoms with Crippen molar-refractivity contribution in [2.75, 3.05) is 5.73 Å². The summed E-state index contributed by atoms with van der Waals surface area (Å²) in [4.78, 5) is 0. The number of benzene rings is 2. The van der Waals surface area contributed by atoms with Crippen molar-refractivity contribution < 1.29 is 8.42 Å². The number of para-hydroxylation sites is 1. The summed E-state index contributed by atoms with van der Waals surface area (Å²) in [5.74, 6) is -0.0984. The van der Waals surface area contributed by atoms with Gasteiger partial charge in [-0.05, 0) is 30.5 Å². The highest BCUT2D eigenvalue weighted by molar-refractivity contribution is 7.88. The third-order valence-electron chi connectivity index (χ3n) is 3.17. The Balaban J connectivity index is 1.99. The summed E-state index contributed by atoms with van der Waals surface area (Å²) in [6.45, 7) is 1.86. The van der Waals surface area contributed by atoms with Crippen LogP contribution in [0.25, 0.3) is 0 Å². The van der Waals surface area contributed by atoms with Crippen molar-refractivity contribution in [1.82, 2.24) is 4.72 Å². The Hall–Kier alpha value is -1.85. The first-order valence-corrected chi connectivity index (χ1v) is 8.49. The lowest BCUT2D eigenvalue weighted by Crippen LogP contribution is -2.35. The predicted molar refractivity (Wildman–Crippen MR) is 86.2 cm³/mol. The van der Waals surface area contributed by atoms with Gasteiger partial charge in [-0.2, -0.15) is 0 Å². The standard InChI is InChI=1S/C16H20N2O2S/c1-13(11-14-7-3-2-4-8-14)18-21(19,20)12-15-9-5-6-10-16(15)17/h2-10,13,18H,11-12,17H2,1H3. The smallest absolute Gasteiger partial charge is 0.216 e.